The SMILES string of the molecule is NCCCC[C@H](N)C(=O)OC(=O)/C(=C\C(=O)O)CC(=O)O. The van der Waals surface area contributed by atoms with Gasteiger partial charge in [-0.25, -0.2) is 14.4 Å². The largest absolute Gasteiger partial charge is 0.481 e. The molecule has 0 radical (unpaired) electrons. The third-order valence-electron chi connectivity index (χ3n) is 2.37. The van der Waals surface area contributed by atoms with Crippen molar-refractivity contribution in [2.45, 2.75) is 31.7 Å². The molecule has 21 heavy (non-hydrogen) atoms. The fraction of sp³-hybridized carbons (Fsp3) is 0.500. The lowest BCUT2D eigenvalue weighted by Gasteiger charge is -2.10. The molecule has 0 aliphatic carbocycles. The number of carbonyl (C=O) groups is 4. The Kier molecular flexibility index (Phi) is 8.58. The molecule has 9 nitrogen and oxygen atoms in total. The van der Waals surface area contributed by atoms with Crippen LogP contribution in [0.15, 0.2) is 11.6 Å². The molecule has 0 spiro atoms. The van der Waals surface area contributed by atoms with Gasteiger partial charge >= 0.3 is 23.9 Å². The van der Waals surface area contributed by atoms with Gasteiger partial charge in [-0.3, -0.25) is 4.79 Å². The molecule has 9 heteroatoms. The van der Waals surface area contributed by atoms with Crippen LogP contribution in [0.25, 0.3) is 0 Å². The number of aliphatic carboxylic acids is 2. The van der Waals surface area contributed by atoms with Crippen molar-refractivity contribution in [3.05, 3.63) is 11.6 Å². The average Bonchev–Trinajstić information content (AvgIpc) is 2.36. The highest BCUT2D eigenvalue weighted by Crippen LogP contribution is 2.07. The molecular weight excluding hydrogens is 284 g/mol. The summed E-state index contributed by atoms with van der Waals surface area (Å²) in [6.45, 7) is 0.435. The van der Waals surface area contributed by atoms with Crippen LogP contribution >= 0.6 is 0 Å². The van der Waals surface area contributed by atoms with E-state index in [0.717, 1.165) is 0 Å². The van der Waals surface area contributed by atoms with Gasteiger partial charge in [-0.1, -0.05) is 6.42 Å². The van der Waals surface area contributed by atoms with E-state index in [9.17, 15) is 19.2 Å². The van der Waals surface area contributed by atoms with Crippen LogP contribution in [0.1, 0.15) is 25.7 Å². The van der Waals surface area contributed by atoms with Crippen LogP contribution in [-0.2, 0) is 23.9 Å². The Morgan fingerprint density at radius 2 is 1.76 bits per heavy atom. The third kappa shape index (κ3) is 8.50. The molecule has 0 unspecified atom stereocenters. The number of nitrogens with two attached hydrogens (primary N) is 2. The lowest BCUT2D eigenvalue weighted by molar-refractivity contribution is -0.159. The number of rotatable bonds is 9. The minimum absolute atomic E-state index is 0.250. The van der Waals surface area contributed by atoms with Gasteiger partial charge in [0.15, 0.2) is 0 Å². The van der Waals surface area contributed by atoms with Crippen molar-refractivity contribution in [3.8, 4) is 0 Å². The maximum Gasteiger partial charge on any atom is 0.342 e. The summed E-state index contributed by atoms with van der Waals surface area (Å²) >= 11 is 0. The summed E-state index contributed by atoms with van der Waals surface area (Å²) in [5, 5.41) is 17.1. The van der Waals surface area contributed by atoms with Crippen LogP contribution in [0.5, 0.6) is 0 Å². The van der Waals surface area contributed by atoms with Gasteiger partial charge in [0.05, 0.1) is 12.0 Å². The number of ether oxygens (including phenoxy) is 1. The Balaban J connectivity index is 4.64. The number of hydrogen-bond acceptors (Lipinski definition) is 7. The van der Waals surface area contributed by atoms with Crippen LogP contribution in [0.4, 0.5) is 0 Å². The zero-order valence-electron chi connectivity index (χ0n) is 11.3. The summed E-state index contributed by atoms with van der Waals surface area (Å²) in [5.74, 6) is -5.33. The average molecular weight is 302 g/mol. The molecule has 0 aromatic carbocycles. The quantitative estimate of drug-likeness (QED) is 0.180. The lowest BCUT2D eigenvalue weighted by atomic mass is 10.1. The van der Waals surface area contributed by atoms with Gasteiger partial charge in [-0.15, -0.1) is 0 Å². The van der Waals surface area contributed by atoms with E-state index in [0.29, 0.717) is 25.5 Å². The number of esters is 2. The fourth-order valence-electron chi connectivity index (χ4n) is 1.35. The Morgan fingerprint density at radius 1 is 1.14 bits per heavy atom. The maximum absolute atomic E-state index is 11.5. The van der Waals surface area contributed by atoms with Crippen molar-refractivity contribution in [1.82, 2.24) is 0 Å². The second-order valence-corrected chi connectivity index (χ2v) is 4.18. The van der Waals surface area contributed by atoms with Crippen LogP contribution in [0.3, 0.4) is 0 Å². The zero-order chi connectivity index (χ0) is 16.4. The molecular formula is C12H18N2O7. The minimum Gasteiger partial charge on any atom is -0.481 e. The molecule has 0 heterocycles. The fourth-order valence-corrected chi connectivity index (χ4v) is 1.35. The first kappa shape index (κ1) is 18.7. The second-order valence-electron chi connectivity index (χ2n) is 4.18. The zero-order valence-corrected chi connectivity index (χ0v) is 11.3. The summed E-state index contributed by atoms with van der Waals surface area (Å²) in [4.78, 5) is 44.1. The van der Waals surface area contributed by atoms with Crippen LogP contribution in [0.2, 0.25) is 0 Å². The Hall–Kier alpha value is -2.26. The Labute approximate surface area is 120 Å². The molecule has 0 amide bonds. The van der Waals surface area contributed by atoms with Crippen molar-refractivity contribution >= 4 is 23.9 Å². The van der Waals surface area contributed by atoms with E-state index in [1.807, 2.05) is 0 Å². The highest BCUT2D eigenvalue weighted by Gasteiger charge is 2.23. The highest BCUT2D eigenvalue weighted by atomic mass is 16.6. The summed E-state index contributed by atoms with van der Waals surface area (Å²) in [7, 11) is 0. The van der Waals surface area contributed by atoms with E-state index in [1.54, 1.807) is 0 Å². The van der Waals surface area contributed by atoms with Gasteiger partial charge in [0.1, 0.15) is 6.04 Å². The number of unbranched alkanes of at least 4 members (excludes halogenated alkanes) is 1. The Morgan fingerprint density at radius 3 is 2.24 bits per heavy atom. The molecule has 118 valence electrons. The normalized spacial score (nSPS) is 12.6. The molecule has 1 atom stereocenters. The van der Waals surface area contributed by atoms with E-state index in [4.69, 9.17) is 21.7 Å². The topological polar surface area (TPSA) is 170 Å². The van der Waals surface area contributed by atoms with Crippen molar-refractivity contribution in [1.29, 1.82) is 0 Å². The first-order chi connectivity index (χ1) is 9.77. The van der Waals surface area contributed by atoms with Gasteiger partial charge in [0.25, 0.3) is 0 Å². The standard InChI is InChI=1S/C12H18N2O7/c13-4-2-1-3-8(14)12(20)21-11(19)7(5-9(15)16)6-10(17)18/h5,8H,1-4,6,13-14H2,(H,15,16)(H,17,18)/b7-5-/t8-/m0/s1. The van der Waals surface area contributed by atoms with Crippen LogP contribution in [-0.4, -0.2) is 46.7 Å². The van der Waals surface area contributed by atoms with Gasteiger partial charge in [-0.05, 0) is 19.4 Å². The molecule has 0 saturated carbocycles. The van der Waals surface area contributed by atoms with Crippen molar-refractivity contribution in [3.63, 3.8) is 0 Å². The van der Waals surface area contributed by atoms with Crippen LogP contribution in [0, 0.1) is 0 Å². The summed E-state index contributed by atoms with van der Waals surface area (Å²) in [5.41, 5.74) is 10.1. The number of carboxylic acid groups (broad SMARTS) is 2. The van der Waals surface area contributed by atoms with E-state index in [-0.39, 0.29) is 6.42 Å². The first-order valence-corrected chi connectivity index (χ1v) is 6.14. The monoisotopic (exact) mass is 302 g/mol. The molecule has 0 fully saturated rings. The first-order valence-electron chi connectivity index (χ1n) is 6.14. The Bertz CT molecular complexity index is 445. The molecule has 0 aromatic rings. The molecule has 0 rings (SSSR count). The van der Waals surface area contributed by atoms with E-state index >= 15 is 0 Å². The predicted octanol–water partition coefficient (Wildman–Crippen LogP) is -1.00. The van der Waals surface area contributed by atoms with E-state index < -0.39 is 41.9 Å². The molecule has 0 aromatic heterocycles. The molecule has 0 bridgehead atoms. The summed E-state index contributed by atoms with van der Waals surface area (Å²) in [6.07, 6.45) is 0.969. The number of hydrogen-bond donors (Lipinski definition) is 4. The molecule has 0 saturated heterocycles. The van der Waals surface area contributed by atoms with Gasteiger partial charge in [-0.2, -0.15) is 0 Å². The lowest BCUT2D eigenvalue weighted by Crippen LogP contribution is -2.34. The molecule has 0 aliphatic rings. The predicted molar refractivity (Wildman–Crippen MR) is 70.0 cm³/mol. The second kappa shape index (κ2) is 9.61. The minimum atomic E-state index is -1.53. The van der Waals surface area contributed by atoms with Gasteiger partial charge in [0.2, 0.25) is 0 Å². The van der Waals surface area contributed by atoms with Crippen LogP contribution < -0.4 is 11.5 Å². The summed E-state index contributed by atoms with van der Waals surface area (Å²) in [6, 6.07) is -1.06. The van der Waals surface area contributed by atoms with Crippen molar-refractivity contribution < 1.29 is 34.1 Å². The smallest absolute Gasteiger partial charge is 0.342 e. The van der Waals surface area contributed by atoms with Gasteiger partial charge < -0.3 is 26.4 Å². The summed E-state index contributed by atoms with van der Waals surface area (Å²) < 4.78 is 4.38. The van der Waals surface area contributed by atoms with E-state index in [1.165, 1.54) is 0 Å². The number of carbonyl (C=O) groups excluding carboxylic acids is 2. The van der Waals surface area contributed by atoms with Gasteiger partial charge in [0, 0.05) is 6.08 Å². The molecule has 6 N–H and O–H groups in total. The highest BCUT2D eigenvalue weighted by molar-refractivity contribution is 6.03. The van der Waals surface area contributed by atoms with E-state index in [2.05, 4.69) is 4.74 Å². The maximum atomic E-state index is 11.5. The number of carboxylic acids is 2. The third-order valence-corrected chi connectivity index (χ3v) is 2.37. The molecule has 0 aliphatic heterocycles. The van der Waals surface area contributed by atoms with Crippen molar-refractivity contribution in [2.75, 3.05) is 6.54 Å². The van der Waals surface area contributed by atoms with Crippen molar-refractivity contribution in [2.24, 2.45) is 11.5 Å².